The number of aromatic nitrogens is 3. The van der Waals surface area contributed by atoms with Gasteiger partial charge in [0.25, 0.3) is 0 Å². The van der Waals surface area contributed by atoms with Gasteiger partial charge < -0.3 is 11.1 Å². The number of nitrogen functional groups attached to an aromatic ring is 1. The van der Waals surface area contributed by atoms with E-state index in [-0.39, 0.29) is 0 Å². The van der Waals surface area contributed by atoms with Crippen molar-refractivity contribution in [2.45, 2.75) is 18.9 Å². The van der Waals surface area contributed by atoms with Crippen molar-refractivity contribution in [3.8, 4) is 0 Å². The van der Waals surface area contributed by atoms with Gasteiger partial charge in [0.1, 0.15) is 6.33 Å². The highest BCUT2D eigenvalue weighted by Crippen LogP contribution is 2.18. The van der Waals surface area contributed by atoms with E-state index in [0.717, 1.165) is 25.9 Å². The van der Waals surface area contributed by atoms with Crippen molar-refractivity contribution in [3.05, 3.63) is 6.33 Å². The number of nitrogens with two attached hydrogens (primary N) is 1. The molecule has 0 bridgehead atoms. The highest BCUT2D eigenvalue weighted by molar-refractivity contribution is 5.13. The first-order valence-corrected chi connectivity index (χ1v) is 4.23. The fourth-order valence-electron chi connectivity index (χ4n) is 1.59. The number of hydrogen-bond donors (Lipinski definition) is 2. The Bertz CT molecular complexity index is 250. The molecule has 12 heavy (non-hydrogen) atoms. The van der Waals surface area contributed by atoms with Crippen LogP contribution in [0.2, 0.25) is 0 Å². The first-order chi connectivity index (χ1) is 5.88. The van der Waals surface area contributed by atoms with E-state index in [4.69, 9.17) is 5.73 Å². The second-order valence-electron chi connectivity index (χ2n) is 3.04. The van der Waals surface area contributed by atoms with Crippen LogP contribution in [0.25, 0.3) is 0 Å². The molecule has 3 N–H and O–H groups in total. The molecule has 1 fully saturated rings. The lowest BCUT2D eigenvalue weighted by Gasteiger charge is -2.22. The number of rotatable bonds is 1. The van der Waals surface area contributed by atoms with Crippen molar-refractivity contribution < 1.29 is 0 Å². The van der Waals surface area contributed by atoms with E-state index in [2.05, 4.69) is 15.4 Å². The summed E-state index contributed by atoms with van der Waals surface area (Å²) in [5.74, 6) is 0.530. The molecular formula is C7H13N5. The number of nitrogens with one attached hydrogen (secondary N) is 1. The molecule has 0 unspecified atom stereocenters. The molecule has 2 heterocycles. The predicted molar refractivity (Wildman–Crippen MR) is 45.6 cm³/mol. The summed E-state index contributed by atoms with van der Waals surface area (Å²) in [5, 5.41) is 7.39. The first-order valence-electron chi connectivity index (χ1n) is 4.23. The lowest BCUT2D eigenvalue weighted by atomic mass is 10.1. The van der Waals surface area contributed by atoms with Crippen molar-refractivity contribution in [2.24, 2.45) is 0 Å². The molecule has 0 radical (unpaired) electrons. The third-order valence-corrected chi connectivity index (χ3v) is 2.26. The Balaban J connectivity index is 2.13. The lowest BCUT2D eigenvalue weighted by molar-refractivity contribution is 0.346. The smallest absolute Gasteiger partial charge is 0.218 e. The number of anilines is 1. The topological polar surface area (TPSA) is 68.8 Å². The summed E-state index contributed by atoms with van der Waals surface area (Å²) in [6, 6.07) is 0.439. The average Bonchev–Trinajstić information content (AvgIpc) is 2.53. The van der Waals surface area contributed by atoms with Crippen molar-refractivity contribution in [2.75, 3.05) is 18.8 Å². The van der Waals surface area contributed by atoms with E-state index in [9.17, 15) is 0 Å². The van der Waals surface area contributed by atoms with E-state index in [0.29, 0.717) is 12.0 Å². The maximum atomic E-state index is 5.64. The summed E-state index contributed by atoms with van der Waals surface area (Å²) in [6.45, 7) is 2.09. The molecule has 0 spiro atoms. The minimum absolute atomic E-state index is 0.439. The monoisotopic (exact) mass is 167 g/mol. The molecule has 1 aromatic rings. The first kappa shape index (κ1) is 7.54. The molecule has 1 aliphatic rings. The van der Waals surface area contributed by atoms with Gasteiger partial charge in [-0.2, -0.15) is 5.10 Å². The second kappa shape index (κ2) is 3.10. The van der Waals surface area contributed by atoms with Crippen LogP contribution >= 0.6 is 0 Å². The maximum absolute atomic E-state index is 5.64. The number of hydrogen-bond acceptors (Lipinski definition) is 4. The lowest BCUT2D eigenvalue weighted by Crippen LogP contribution is -2.30. The van der Waals surface area contributed by atoms with Crippen LogP contribution in [-0.2, 0) is 0 Å². The Kier molecular flexibility index (Phi) is 1.95. The molecular weight excluding hydrogens is 154 g/mol. The van der Waals surface area contributed by atoms with Crippen LogP contribution in [0.5, 0.6) is 0 Å². The highest BCUT2D eigenvalue weighted by atomic mass is 15.4. The van der Waals surface area contributed by atoms with Gasteiger partial charge in [0.15, 0.2) is 0 Å². The Hall–Kier alpha value is -1.10. The van der Waals surface area contributed by atoms with Crippen LogP contribution in [0.1, 0.15) is 18.9 Å². The fourth-order valence-corrected chi connectivity index (χ4v) is 1.59. The Morgan fingerprint density at radius 1 is 1.50 bits per heavy atom. The minimum Gasteiger partial charge on any atom is -0.368 e. The average molecular weight is 167 g/mol. The number of nitrogens with zero attached hydrogens (tertiary/aromatic N) is 3. The summed E-state index contributed by atoms with van der Waals surface area (Å²) >= 11 is 0. The molecule has 5 nitrogen and oxygen atoms in total. The summed E-state index contributed by atoms with van der Waals surface area (Å²) in [7, 11) is 0. The fraction of sp³-hybridized carbons (Fsp3) is 0.714. The second-order valence-corrected chi connectivity index (χ2v) is 3.04. The normalized spacial score (nSPS) is 19.7. The molecule has 1 saturated heterocycles. The molecule has 0 aromatic carbocycles. The summed E-state index contributed by atoms with van der Waals surface area (Å²) < 4.78 is 1.82. The number of piperidine rings is 1. The molecule has 0 atom stereocenters. The molecule has 1 aromatic heterocycles. The van der Waals surface area contributed by atoms with Crippen LogP contribution in [-0.4, -0.2) is 27.9 Å². The Morgan fingerprint density at radius 2 is 2.25 bits per heavy atom. The van der Waals surface area contributed by atoms with Gasteiger partial charge in [0, 0.05) is 0 Å². The van der Waals surface area contributed by atoms with Gasteiger partial charge in [0.05, 0.1) is 6.04 Å². The van der Waals surface area contributed by atoms with Crippen LogP contribution in [0, 0.1) is 0 Å². The van der Waals surface area contributed by atoms with Gasteiger partial charge in [-0.25, -0.2) is 9.67 Å². The molecule has 1 aliphatic heterocycles. The molecule has 0 amide bonds. The van der Waals surface area contributed by atoms with Crippen molar-refractivity contribution in [1.29, 1.82) is 0 Å². The van der Waals surface area contributed by atoms with Crippen LogP contribution in [0.3, 0.4) is 0 Å². The Labute approximate surface area is 71.0 Å². The SMILES string of the molecule is Nc1ncnn1C1CCNCC1. The van der Waals surface area contributed by atoms with Gasteiger partial charge in [0.2, 0.25) is 5.95 Å². The molecule has 2 rings (SSSR count). The molecule has 0 aliphatic carbocycles. The van der Waals surface area contributed by atoms with Crippen LogP contribution < -0.4 is 11.1 Å². The van der Waals surface area contributed by atoms with Crippen LogP contribution in [0.15, 0.2) is 6.33 Å². The van der Waals surface area contributed by atoms with E-state index in [1.165, 1.54) is 6.33 Å². The largest absolute Gasteiger partial charge is 0.368 e. The van der Waals surface area contributed by atoms with Crippen molar-refractivity contribution in [3.63, 3.8) is 0 Å². The van der Waals surface area contributed by atoms with E-state index >= 15 is 0 Å². The zero-order valence-corrected chi connectivity index (χ0v) is 6.90. The highest BCUT2D eigenvalue weighted by Gasteiger charge is 2.17. The van der Waals surface area contributed by atoms with E-state index in [1.807, 2.05) is 4.68 Å². The van der Waals surface area contributed by atoms with Gasteiger partial charge in [-0.3, -0.25) is 0 Å². The third kappa shape index (κ3) is 1.27. The van der Waals surface area contributed by atoms with E-state index < -0.39 is 0 Å². The van der Waals surface area contributed by atoms with E-state index in [1.54, 1.807) is 0 Å². The van der Waals surface area contributed by atoms with Crippen molar-refractivity contribution >= 4 is 5.95 Å². The van der Waals surface area contributed by atoms with Gasteiger partial charge in [-0.1, -0.05) is 0 Å². The molecule has 0 saturated carbocycles. The van der Waals surface area contributed by atoms with Crippen molar-refractivity contribution in [1.82, 2.24) is 20.1 Å². The maximum Gasteiger partial charge on any atom is 0.218 e. The molecule has 66 valence electrons. The zero-order chi connectivity index (χ0) is 8.39. The molecule has 5 heteroatoms. The summed E-state index contributed by atoms with van der Waals surface area (Å²) in [5.41, 5.74) is 5.64. The van der Waals surface area contributed by atoms with Gasteiger partial charge in [-0.05, 0) is 25.9 Å². The summed E-state index contributed by atoms with van der Waals surface area (Å²) in [6.07, 6.45) is 3.69. The standard InChI is InChI=1S/C7H13N5/c8-7-10-5-11-12(7)6-1-3-9-4-2-6/h5-6,9H,1-4H2,(H2,8,10,11). The third-order valence-electron chi connectivity index (χ3n) is 2.26. The summed E-state index contributed by atoms with van der Waals surface area (Å²) in [4.78, 5) is 3.90. The quantitative estimate of drug-likeness (QED) is 0.607. The van der Waals surface area contributed by atoms with Gasteiger partial charge in [-0.15, -0.1) is 0 Å². The minimum atomic E-state index is 0.439. The Morgan fingerprint density at radius 3 is 2.83 bits per heavy atom. The zero-order valence-electron chi connectivity index (χ0n) is 6.90. The van der Waals surface area contributed by atoms with Gasteiger partial charge >= 0.3 is 0 Å². The van der Waals surface area contributed by atoms with Crippen LogP contribution in [0.4, 0.5) is 5.95 Å². The predicted octanol–water partition coefficient (Wildman–Crippen LogP) is -0.215.